The zero-order valence-corrected chi connectivity index (χ0v) is 19.8. The maximum Gasteiger partial charge on any atom is 0.407 e. The van der Waals surface area contributed by atoms with Gasteiger partial charge in [0.05, 0.1) is 5.92 Å². The van der Waals surface area contributed by atoms with E-state index >= 15 is 0 Å². The van der Waals surface area contributed by atoms with Crippen LogP contribution in [-0.2, 0) is 32.3 Å². The smallest absolute Gasteiger partial charge is 0.407 e. The Hall–Kier alpha value is -4.08. The molecule has 2 aliphatic carbocycles. The van der Waals surface area contributed by atoms with Crippen molar-refractivity contribution in [1.29, 1.82) is 0 Å². The summed E-state index contributed by atoms with van der Waals surface area (Å²) in [5.41, 5.74) is 7.00. The summed E-state index contributed by atoms with van der Waals surface area (Å²) in [4.78, 5) is 44.2. The molecule has 0 aliphatic heterocycles. The van der Waals surface area contributed by atoms with Crippen LogP contribution >= 0.6 is 0 Å². The number of aliphatic carboxylic acids is 1. The third-order valence-electron chi connectivity index (χ3n) is 6.10. The number of nitrogens with one attached hydrogen (secondary N) is 2. The Morgan fingerprint density at radius 2 is 1.11 bits per heavy atom. The van der Waals surface area contributed by atoms with Crippen molar-refractivity contribution in [2.75, 3.05) is 0 Å². The zero-order valence-electron chi connectivity index (χ0n) is 19.8. The topological polar surface area (TPSA) is 157 Å². The molecule has 0 spiro atoms. The molecule has 2 aromatic rings. The maximum absolute atomic E-state index is 11.4. The molecule has 2 saturated carbocycles. The monoisotopic (exact) mass is 497 g/mol. The number of amides is 3. The number of carboxylic acids is 1. The Kier molecular flexibility index (Phi) is 9.67. The number of alkyl carbamates (subject to hydrolysis) is 2. The van der Waals surface area contributed by atoms with Gasteiger partial charge in [-0.1, -0.05) is 60.7 Å². The molecule has 192 valence electrons. The van der Waals surface area contributed by atoms with Crippen LogP contribution in [0.15, 0.2) is 60.7 Å². The second-order valence-electron chi connectivity index (χ2n) is 8.88. The van der Waals surface area contributed by atoms with E-state index in [1.54, 1.807) is 0 Å². The molecular formula is C26H31N3O7. The summed E-state index contributed by atoms with van der Waals surface area (Å²) in [5, 5.41) is 14.0. The fraction of sp³-hybridized carbons (Fsp3) is 0.385. The lowest BCUT2D eigenvalue weighted by Gasteiger charge is -2.33. The van der Waals surface area contributed by atoms with E-state index in [1.165, 1.54) is 0 Å². The molecule has 2 aromatic carbocycles. The first-order chi connectivity index (χ1) is 17.3. The lowest BCUT2D eigenvalue weighted by Crippen LogP contribution is -2.48. The number of ether oxygens (including phenoxy) is 2. The van der Waals surface area contributed by atoms with Crippen LogP contribution in [0.4, 0.5) is 9.59 Å². The Balaban J connectivity index is 0.000000201. The number of hydrogen-bond acceptors (Lipinski definition) is 6. The first-order valence-corrected chi connectivity index (χ1v) is 11.8. The lowest BCUT2D eigenvalue weighted by molar-refractivity contribution is -0.145. The fourth-order valence-electron chi connectivity index (χ4n) is 3.77. The van der Waals surface area contributed by atoms with Gasteiger partial charge in [0.2, 0.25) is 5.91 Å². The van der Waals surface area contributed by atoms with Crippen LogP contribution in [-0.4, -0.2) is 41.3 Å². The summed E-state index contributed by atoms with van der Waals surface area (Å²) in [7, 11) is 0. The molecule has 10 nitrogen and oxygen atoms in total. The lowest BCUT2D eigenvalue weighted by atomic mass is 9.80. The van der Waals surface area contributed by atoms with Crippen molar-refractivity contribution in [3.8, 4) is 0 Å². The van der Waals surface area contributed by atoms with E-state index in [2.05, 4.69) is 10.6 Å². The Bertz CT molecular complexity index is 937. The molecule has 36 heavy (non-hydrogen) atoms. The van der Waals surface area contributed by atoms with Gasteiger partial charge in [-0.2, -0.15) is 0 Å². The van der Waals surface area contributed by atoms with Gasteiger partial charge in [-0.15, -0.1) is 0 Å². The third kappa shape index (κ3) is 8.61. The molecule has 0 bridgehead atoms. The van der Waals surface area contributed by atoms with E-state index < -0.39 is 18.2 Å². The van der Waals surface area contributed by atoms with Gasteiger partial charge in [0.1, 0.15) is 13.2 Å². The summed E-state index contributed by atoms with van der Waals surface area (Å²) in [6.07, 6.45) is 1.23. The first kappa shape index (κ1) is 26.5. The highest BCUT2D eigenvalue weighted by atomic mass is 16.6. The number of carboxylic acid groups (broad SMARTS) is 1. The summed E-state index contributed by atoms with van der Waals surface area (Å²) in [6, 6.07) is 18.8. The minimum atomic E-state index is -0.800. The summed E-state index contributed by atoms with van der Waals surface area (Å²) < 4.78 is 10.1. The van der Waals surface area contributed by atoms with Crippen LogP contribution in [0.1, 0.15) is 36.8 Å². The maximum atomic E-state index is 11.4. The van der Waals surface area contributed by atoms with Crippen LogP contribution in [0.2, 0.25) is 0 Å². The number of nitrogens with two attached hydrogens (primary N) is 1. The molecule has 4 rings (SSSR count). The van der Waals surface area contributed by atoms with Crippen molar-refractivity contribution >= 4 is 24.1 Å². The molecule has 5 N–H and O–H groups in total. The third-order valence-corrected chi connectivity index (χ3v) is 6.10. The second kappa shape index (κ2) is 13.1. The van der Waals surface area contributed by atoms with Crippen molar-refractivity contribution in [3.05, 3.63) is 71.8 Å². The molecule has 0 saturated heterocycles. The van der Waals surface area contributed by atoms with Gasteiger partial charge in [0.15, 0.2) is 0 Å². The normalized spacial score (nSPS) is 21.8. The van der Waals surface area contributed by atoms with E-state index in [-0.39, 0.29) is 43.0 Å². The molecule has 3 amide bonds. The van der Waals surface area contributed by atoms with E-state index in [1.807, 2.05) is 60.7 Å². The van der Waals surface area contributed by atoms with Gasteiger partial charge >= 0.3 is 18.2 Å². The highest BCUT2D eigenvalue weighted by Crippen LogP contribution is 2.27. The Morgan fingerprint density at radius 3 is 1.47 bits per heavy atom. The molecule has 0 atom stereocenters. The van der Waals surface area contributed by atoms with E-state index in [0.29, 0.717) is 25.7 Å². The highest BCUT2D eigenvalue weighted by molar-refractivity contribution is 5.78. The standard InChI is InChI=1S/C13H16N2O3.C13H15NO4/c14-12(16)10-6-11(7-10)15-13(17)18-8-9-4-2-1-3-5-9;15-12(16)10-6-11(7-10)14-13(17)18-8-9-4-2-1-3-5-9/h1-5,10-11H,6-8H2,(H2,14,16)(H,15,17);1-5,10-11H,6-8H2,(H,14,17)(H,15,16). The van der Waals surface area contributed by atoms with Crippen LogP contribution in [0.3, 0.4) is 0 Å². The van der Waals surface area contributed by atoms with Gasteiger partial charge in [-0.3, -0.25) is 9.59 Å². The van der Waals surface area contributed by atoms with Crippen LogP contribution in [0.5, 0.6) is 0 Å². The molecule has 10 heteroatoms. The van der Waals surface area contributed by atoms with Gasteiger partial charge in [0.25, 0.3) is 0 Å². The van der Waals surface area contributed by atoms with Crippen LogP contribution in [0, 0.1) is 11.8 Å². The number of rotatable bonds is 8. The second-order valence-corrected chi connectivity index (χ2v) is 8.88. The number of carbonyl (C=O) groups is 4. The van der Waals surface area contributed by atoms with E-state index in [4.69, 9.17) is 20.3 Å². The van der Waals surface area contributed by atoms with Crippen LogP contribution in [0.25, 0.3) is 0 Å². The molecule has 0 aromatic heterocycles. The summed E-state index contributed by atoms with van der Waals surface area (Å²) in [6.45, 7) is 0.473. The number of hydrogen-bond donors (Lipinski definition) is 4. The zero-order chi connectivity index (χ0) is 25.9. The van der Waals surface area contributed by atoms with Crippen molar-refractivity contribution in [2.24, 2.45) is 17.6 Å². The molecule has 0 unspecified atom stereocenters. The highest BCUT2D eigenvalue weighted by Gasteiger charge is 2.35. The first-order valence-electron chi connectivity index (χ1n) is 11.8. The molecule has 0 heterocycles. The summed E-state index contributed by atoms with van der Waals surface area (Å²) in [5.74, 6) is -1.54. The minimum absolute atomic E-state index is 0.00535. The number of primary amides is 1. The van der Waals surface area contributed by atoms with Crippen molar-refractivity contribution in [2.45, 2.75) is 51.0 Å². The Morgan fingerprint density at radius 1 is 0.722 bits per heavy atom. The Labute approximate surface area is 209 Å². The van der Waals surface area contributed by atoms with Gasteiger partial charge in [0, 0.05) is 18.0 Å². The summed E-state index contributed by atoms with van der Waals surface area (Å²) >= 11 is 0. The van der Waals surface area contributed by atoms with Crippen LogP contribution < -0.4 is 16.4 Å². The van der Waals surface area contributed by atoms with E-state index in [9.17, 15) is 19.2 Å². The van der Waals surface area contributed by atoms with E-state index in [0.717, 1.165) is 11.1 Å². The molecule has 2 fully saturated rings. The quantitative estimate of drug-likeness (QED) is 0.437. The van der Waals surface area contributed by atoms with Crippen molar-refractivity contribution in [3.63, 3.8) is 0 Å². The average molecular weight is 498 g/mol. The predicted octanol–water partition coefficient (Wildman–Crippen LogP) is 2.95. The van der Waals surface area contributed by atoms with Crippen molar-refractivity contribution in [1.82, 2.24) is 10.6 Å². The van der Waals surface area contributed by atoms with Crippen molar-refractivity contribution < 1.29 is 33.8 Å². The van der Waals surface area contributed by atoms with Gasteiger partial charge in [-0.25, -0.2) is 9.59 Å². The fourth-order valence-corrected chi connectivity index (χ4v) is 3.77. The number of carbonyl (C=O) groups excluding carboxylic acids is 3. The van der Waals surface area contributed by atoms with Gasteiger partial charge < -0.3 is 30.9 Å². The minimum Gasteiger partial charge on any atom is -0.481 e. The molecular weight excluding hydrogens is 466 g/mol. The largest absolute Gasteiger partial charge is 0.481 e. The molecule has 0 radical (unpaired) electrons. The average Bonchev–Trinajstić information content (AvgIpc) is 2.81. The molecule has 2 aliphatic rings. The number of benzene rings is 2. The van der Waals surface area contributed by atoms with Gasteiger partial charge in [-0.05, 0) is 36.8 Å². The SMILES string of the molecule is NC(=O)C1CC(NC(=O)OCc2ccccc2)C1.O=C(NC1CC(C(=O)O)C1)OCc1ccccc1. The predicted molar refractivity (Wildman–Crippen MR) is 129 cm³/mol.